The molecule has 140 valence electrons. The Kier molecular flexibility index (Phi) is 7.75. The molecule has 0 saturated carbocycles. The van der Waals surface area contributed by atoms with Crippen LogP contribution in [0.15, 0.2) is 34.9 Å². The Bertz CT molecular complexity index is 561. The fourth-order valence-electron chi connectivity index (χ4n) is 2.23. The molecule has 0 saturated heterocycles. The van der Waals surface area contributed by atoms with Crippen molar-refractivity contribution in [2.45, 2.75) is 27.7 Å². The molecule has 0 radical (unpaired) electrons. The maximum atomic E-state index is 11.3. The molecule has 0 amide bonds. The average Bonchev–Trinajstić information content (AvgIpc) is 2.52. The molecule has 0 bridgehead atoms. The van der Waals surface area contributed by atoms with Crippen LogP contribution in [0.1, 0.15) is 27.7 Å². The Morgan fingerprint density at radius 1 is 0.720 bits per heavy atom. The van der Waals surface area contributed by atoms with Crippen molar-refractivity contribution in [3.63, 3.8) is 0 Å². The number of hydrogen-bond donors (Lipinski definition) is 5. The SMILES string of the molecule is CC(=CC(C=C(C)C(=O)O)(C=C(C)C(=O)O)C(C)(CO)CO)C(=O)O. The molecule has 0 aliphatic rings. The zero-order valence-corrected chi connectivity index (χ0v) is 14.6. The first-order chi connectivity index (χ1) is 11.4. The van der Waals surface area contributed by atoms with Crippen molar-refractivity contribution in [2.75, 3.05) is 13.2 Å². The van der Waals surface area contributed by atoms with Crippen molar-refractivity contribution in [3.05, 3.63) is 34.9 Å². The summed E-state index contributed by atoms with van der Waals surface area (Å²) in [5.74, 6) is -3.90. The van der Waals surface area contributed by atoms with Gasteiger partial charge in [-0.3, -0.25) is 0 Å². The van der Waals surface area contributed by atoms with E-state index in [-0.39, 0.29) is 16.7 Å². The summed E-state index contributed by atoms with van der Waals surface area (Å²) in [6.45, 7) is 3.84. The second-order valence-corrected chi connectivity index (χ2v) is 6.21. The van der Waals surface area contributed by atoms with Crippen LogP contribution in [0.25, 0.3) is 0 Å². The fourth-order valence-corrected chi connectivity index (χ4v) is 2.23. The number of carboxylic acids is 3. The standard InChI is InChI=1S/C17H24O8/c1-10(13(20)21)5-17(6-11(2)14(22)23,7-12(3)15(24)25)16(4,8-18)9-19/h5-7,18-19H,8-9H2,1-4H3,(H,20,21)(H,22,23)(H,24,25). The van der Waals surface area contributed by atoms with Gasteiger partial charge in [0.1, 0.15) is 0 Å². The molecule has 0 aliphatic carbocycles. The summed E-state index contributed by atoms with van der Waals surface area (Å²) in [7, 11) is 0. The second kappa shape index (κ2) is 8.59. The first-order valence-electron chi connectivity index (χ1n) is 7.35. The normalized spacial score (nSPS) is 16.3. The first-order valence-corrected chi connectivity index (χ1v) is 7.35. The van der Waals surface area contributed by atoms with Crippen LogP contribution in [0.3, 0.4) is 0 Å². The molecular formula is C17H24O8. The predicted octanol–water partition coefficient (Wildman–Crippen LogP) is 1.06. The average molecular weight is 356 g/mol. The summed E-state index contributed by atoms with van der Waals surface area (Å²) in [5.41, 5.74) is -3.72. The minimum atomic E-state index is -1.66. The molecule has 0 spiro atoms. The number of aliphatic hydroxyl groups is 2. The highest BCUT2D eigenvalue weighted by atomic mass is 16.4. The third-order valence-electron chi connectivity index (χ3n) is 4.12. The molecule has 0 aliphatic heterocycles. The summed E-state index contributed by atoms with van der Waals surface area (Å²) in [6.07, 6.45) is 3.42. The van der Waals surface area contributed by atoms with Crippen molar-refractivity contribution in [2.24, 2.45) is 10.8 Å². The zero-order valence-electron chi connectivity index (χ0n) is 14.6. The van der Waals surface area contributed by atoms with Gasteiger partial charge in [0, 0.05) is 27.5 Å². The Hall–Kier alpha value is -2.45. The molecule has 0 atom stereocenters. The van der Waals surface area contributed by atoms with Gasteiger partial charge in [-0.05, 0) is 20.8 Å². The number of carbonyl (C=O) groups is 3. The molecule has 8 nitrogen and oxygen atoms in total. The molecule has 0 heterocycles. The third-order valence-corrected chi connectivity index (χ3v) is 4.12. The van der Waals surface area contributed by atoms with Gasteiger partial charge >= 0.3 is 17.9 Å². The lowest BCUT2D eigenvalue weighted by Crippen LogP contribution is -2.43. The van der Waals surface area contributed by atoms with Crippen LogP contribution >= 0.6 is 0 Å². The van der Waals surface area contributed by atoms with Crippen molar-refractivity contribution >= 4 is 17.9 Å². The summed E-state index contributed by atoms with van der Waals surface area (Å²) >= 11 is 0. The van der Waals surface area contributed by atoms with E-state index in [1.54, 1.807) is 0 Å². The van der Waals surface area contributed by atoms with Crippen LogP contribution in [0.4, 0.5) is 0 Å². The lowest BCUT2D eigenvalue weighted by atomic mass is 9.62. The smallest absolute Gasteiger partial charge is 0.330 e. The molecule has 5 N–H and O–H groups in total. The highest BCUT2D eigenvalue weighted by Gasteiger charge is 2.44. The van der Waals surface area contributed by atoms with Crippen LogP contribution in [0, 0.1) is 10.8 Å². The van der Waals surface area contributed by atoms with Crippen LogP contribution < -0.4 is 0 Å². The van der Waals surface area contributed by atoms with E-state index in [0.29, 0.717) is 0 Å². The largest absolute Gasteiger partial charge is 0.478 e. The van der Waals surface area contributed by atoms with Crippen molar-refractivity contribution in [1.82, 2.24) is 0 Å². The lowest BCUT2D eigenvalue weighted by Gasteiger charge is -2.42. The molecular weight excluding hydrogens is 332 g/mol. The Balaban J connectivity index is 7.07. The van der Waals surface area contributed by atoms with Crippen LogP contribution in [0.2, 0.25) is 0 Å². The summed E-state index contributed by atoms with van der Waals surface area (Å²) < 4.78 is 0. The van der Waals surface area contributed by atoms with Gasteiger partial charge in [-0.15, -0.1) is 0 Å². The van der Waals surface area contributed by atoms with Crippen molar-refractivity contribution in [3.8, 4) is 0 Å². The van der Waals surface area contributed by atoms with Crippen LogP contribution in [-0.2, 0) is 14.4 Å². The van der Waals surface area contributed by atoms with Crippen molar-refractivity contribution < 1.29 is 39.9 Å². The quantitative estimate of drug-likeness (QED) is 0.384. The van der Waals surface area contributed by atoms with Gasteiger partial charge in [-0.2, -0.15) is 0 Å². The van der Waals surface area contributed by atoms with Gasteiger partial charge in [-0.25, -0.2) is 14.4 Å². The van der Waals surface area contributed by atoms with Crippen molar-refractivity contribution in [1.29, 1.82) is 0 Å². The van der Waals surface area contributed by atoms with Gasteiger partial charge in [0.05, 0.1) is 13.2 Å². The van der Waals surface area contributed by atoms with Crippen LogP contribution in [-0.4, -0.2) is 56.7 Å². The molecule has 0 fully saturated rings. The number of hydrogen-bond acceptors (Lipinski definition) is 5. The number of allylic oxidation sites excluding steroid dienone is 3. The van der Waals surface area contributed by atoms with E-state index in [0.717, 1.165) is 18.2 Å². The minimum Gasteiger partial charge on any atom is -0.478 e. The minimum absolute atomic E-state index is 0.197. The number of carboxylic acid groups (broad SMARTS) is 3. The highest BCUT2D eigenvalue weighted by Crippen LogP contribution is 2.45. The molecule has 0 rings (SSSR count). The maximum absolute atomic E-state index is 11.3. The van der Waals surface area contributed by atoms with E-state index in [2.05, 4.69) is 0 Å². The van der Waals surface area contributed by atoms with E-state index in [4.69, 9.17) is 0 Å². The van der Waals surface area contributed by atoms with E-state index in [1.165, 1.54) is 27.7 Å². The molecule has 0 unspecified atom stereocenters. The zero-order chi connectivity index (χ0) is 20.0. The van der Waals surface area contributed by atoms with E-state index in [1.807, 2.05) is 0 Å². The summed E-state index contributed by atoms with van der Waals surface area (Å²) in [6, 6.07) is 0. The summed E-state index contributed by atoms with van der Waals surface area (Å²) in [4.78, 5) is 33.8. The first kappa shape index (κ1) is 22.6. The summed E-state index contributed by atoms with van der Waals surface area (Å²) in [5, 5.41) is 47.1. The van der Waals surface area contributed by atoms with Gasteiger partial charge in [-0.1, -0.05) is 25.2 Å². The molecule has 25 heavy (non-hydrogen) atoms. The highest BCUT2D eigenvalue weighted by molar-refractivity contribution is 5.89. The molecule has 8 heteroatoms. The molecule has 0 aromatic heterocycles. The molecule has 0 aromatic rings. The van der Waals surface area contributed by atoms with Gasteiger partial charge in [0.2, 0.25) is 0 Å². The van der Waals surface area contributed by atoms with Gasteiger partial charge < -0.3 is 25.5 Å². The fraction of sp³-hybridized carbons (Fsp3) is 0.471. The topological polar surface area (TPSA) is 152 Å². The van der Waals surface area contributed by atoms with E-state index < -0.39 is 42.0 Å². The van der Waals surface area contributed by atoms with Crippen LogP contribution in [0.5, 0.6) is 0 Å². The second-order valence-electron chi connectivity index (χ2n) is 6.21. The maximum Gasteiger partial charge on any atom is 0.330 e. The predicted molar refractivity (Wildman–Crippen MR) is 88.9 cm³/mol. The number of aliphatic carboxylic acids is 3. The number of aliphatic hydroxyl groups excluding tert-OH is 2. The lowest BCUT2D eigenvalue weighted by molar-refractivity contribution is -0.133. The van der Waals surface area contributed by atoms with E-state index in [9.17, 15) is 39.9 Å². The monoisotopic (exact) mass is 356 g/mol. The van der Waals surface area contributed by atoms with E-state index >= 15 is 0 Å². The Morgan fingerprint density at radius 3 is 1.12 bits per heavy atom. The number of rotatable bonds is 9. The third kappa shape index (κ3) is 5.27. The Morgan fingerprint density at radius 2 is 0.960 bits per heavy atom. The van der Waals surface area contributed by atoms with Gasteiger partial charge in [0.25, 0.3) is 0 Å². The van der Waals surface area contributed by atoms with Gasteiger partial charge in [0.15, 0.2) is 0 Å². The Labute approximate surface area is 145 Å². The molecule has 0 aromatic carbocycles.